The first-order valence-corrected chi connectivity index (χ1v) is 4.79. The molecule has 0 aliphatic carbocycles. The van der Waals surface area contributed by atoms with Crippen LogP contribution in [0.5, 0.6) is 0 Å². The van der Waals surface area contributed by atoms with Gasteiger partial charge in [0.05, 0.1) is 25.5 Å². The van der Waals surface area contributed by atoms with E-state index in [2.05, 4.69) is 4.74 Å². The van der Waals surface area contributed by atoms with Crippen molar-refractivity contribution < 1.29 is 14.4 Å². The van der Waals surface area contributed by atoms with Crippen molar-refractivity contribution in [3.8, 4) is 0 Å². The van der Waals surface area contributed by atoms with E-state index in [4.69, 9.17) is 4.84 Å². The van der Waals surface area contributed by atoms with Gasteiger partial charge in [0, 0.05) is 6.54 Å². The minimum atomic E-state index is -0.319. The van der Waals surface area contributed by atoms with Crippen LogP contribution in [-0.2, 0) is 16.0 Å². The van der Waals surface area contributed by atoms with Crippen LogP contribution in [0.25, 0.3) is 0 Å². The molecular weight excluding hydrogens is 194 g/mol. The smallest absolute Gasteiger partial charge is 0.337 e. The van der Waals surface area contributed by atoms with Crippen LogP contribution in [-0.4, -0.2) is 26.7 Å². The fraction of sp³-hybridized carbons (Fsp3) is 0.364. The Hall–Kier alpha value is -1.55. The van der Waals surface area contributed by atoms with Gasteiger partial charge in [0.15, 0.2) is 0 Å². The largest absolute Gasteiger partial charge is 0.465 e. The lowest BCUT2D eigenvalue weighted by Gasteiger charge is -2.15. The Labute approximate surface area is 88.4 Å². The topological polar surface area (TPSA) is 38.8 Å². The van der Waals surface area contributed by atoms with Crippen LogP contribution in [0, 0.1) is 0 Å². The number of esters is 1. The highest BCUT2D eigenvalue weighted by Gasteiger charge is 2.20. The van der Waals surface area contributed by atoms with Crippen LogP contribution >= 0.6 is 0 Å². The molecule has 0 spiro atoms. The molecule has 0 atom stereocenters. The zero-order valence-electron chi connectivity index (χ0n) is 8.82. The molecule has 15 heavy (non-hydrogen) atoms. The number of methoxy groups -OCH3 is 1. The quantitative estimate of drug-likeness (QED) is 0.687. The fourth-order valence-corrected chi connectivity index (χ4v) is 1.78. The zero-order valence-corrected chi connectivity index (χ0v) is 8.82. The maximum Gasteiger partial charge on any atom is 0.337 e. The standard InChI is InChI=1S/C11H13NO3/c1-14-11(13)9-4-3-8-5-6-12(15-2)10(8)7-9/h3-4,7H,5-6H2,1-2H3. The summed E-state index contributed by atoms with van der Waals surface area (Å²) in [4.78, 5) is 16.5. The predicted octanol–water partition coefficient (Wildman–Crippen LogP) is 1.40. The molecule has 80 valence electrons. The third-order valence-electron chi connectivity index (χ3n) is 2.58. The highest BCUT2D eigenvalue weighted by molar-refractivity contribution is 5.91. The van der Waals surface area contributed by atoms with Crippen molar-refractivity contribution >= 4 is 11.7 Å². The molecule has 1 aliphatic rings. The van der Waals surface area contributed by atoms with E-state index in [0.717, 1.165) is 18.7 Å². The number of hydroxylamine groups is 1. The van der Waals surface area contributed by atoms with Gasteiger partial charge in [-0.25, -0.2) is 4.79 Å². The second-order valence-corrected chi connectivity index (χ2v) is 3.37. The molecule has 1 heterocycles. The summed E-state index contributed by atoms with van der Waals surface area (Å²) in [5.74, 6) is -0.319. The predicted molar refractivity (Wildman–Crippen MR) is 55.8 cm³/mol. The van der Waals surface area contributed by atoms with E-state index in [9.17, 15) is 4.79 Å². The molecule has 1 aromatic carbocycles. The summed E-state index contributed by atoms with van der Waals surface area (Å²) in [6.45, 7) is 0.830. The number of anilines is 1. The van der Waals surface area contributed by atoms with Crippen LogP contribution in [0.3, 0.4) is 0 Å². The van der Waals surface area contributed by atoms with Crippen molar-refractivity contribution in [2.24, 2.45) is 0 Å². The van der Waals surface area contributed by atoms with Gasteiger partial charge in [-0.1, -0.05) is 6.07 Å². The second-order valence-electron chi connectivity index (χ2n) is 3.37. The first-order chi connectivity index (χ1) is 7.26. The number of carbonyl (C=O) groups excluding carboxylic acids is 1. The van der Waals surface area contributed by atoms with Gasteiger partial charge in [-0.3, -0.25) is 9.90 Å². The second kappa shape index (κ2) is 3.90. The van der Waals surface area contributed by atoms with E-state index < -0.39 is 0 Å². The lowest BCUT2D eigenvalue weighted by molar-refractivity contribution is 0.0600. The van der Waals surface area contributed by atoms with E-state index >= 15 is 0 Å². The average molecular weight is 207 g/mol. The molecule has 0 saturated carbocycles. The molecule has 0 aromatic heterocycles. The number of nitrogens with zero attached hydrogens (tertiary/aromatic N) is 1. The van der Waals surface area contributed by atoms with E-state index in [1.807, 2.05) is 6.07 Å². The minimum Gasteiger partial charge on any atom is -0.465 e. The fourth-order valence-electron chi connectivity index (χ4n) is 1.78. The van der Waals surface area contributed by atoms with Gasteiger partial charge in [0.2, 0.25) is 0 Å². The lowest BCUT2D eigenvalue weighted by Crippen LogP contribution is -2.18. The monoisotopic (exact) mass is 207 g/mol. The van der Waals surface area contributed by atoms with Crippen molar-refractivity contribution in [3.63, 3.8) is 0 Å². The van der Waals surface area contributed by atoms with E-state index in [1.165, 1.54) is 12.7 Å². The van der Waals surface area contributed by atoms with Crippen LogP contribution < -0.4 is 5.06 Å². The summed E-state index contributed by atoms with van der Waals surface area (Å²) >= 11 is 0. The minimum absolute atomic E-state index is 0.319. The Bertz CT molecular complexity index is 389. The summed E-state index contributed by atoms with van der Waals surface area (Å²) in [5, 5.41) is 1.78. The molecular formula is C11H13NO3. The summed E-state index contributed by atoms with van der Waals surface area (Å²) < 4.78 is 4.67. The number of ether oxygens (including phenoxy) is 1. The van der Waals surface area contributed by atoms with Gasteiger partial charge in [-0.2, -0.15) is 0 Å². The normalized spacial score (nSPS) is 13.9. The SMILES string of the molecule is COC(=O)c1ccc2c(c1)N(OC)CC2. The molecule has 0 fully saturated rings. The molecule has 0 amide bonds. The van der Waals surface area contributed by atoms with Crippen LogP contribution in [0.4, 0.5) is 5.69 Å². The van der Waals surface area contributed by atoms with Crippen LogP contribution in [0.2, 0.25) is 0 Å². The van der Waals surface area contributed by atoms with Gasteiger partial charge in [0.1, 0.15) is 0 Å². The molecule has 0 unspecified atom stereocenters. The summed E-state index contributed by atoms with van der Waals surface area (Å²) in [6.07, 6.45) is 0.949. The number of carbonyl (C=O) groups is 1. The Kier molecular flexibility index (Phi) is 2.60. The first-order valence-electron chi connectivity index (χ1n) is 4.79. The van der Waals surface area contributed by atoms with Gasteiger partial charge in [0.25, 0.3) is 0 Å². The summed E-state index contributed by atoms with van der Waals surface area (Å²) in [7, 11) is 3.00. The number of rotatable bonds is 2. The third kappa shape index (κ3) is 1.68. The highest BCUT2D eigenvalue weighted by Crippen LogP contribution is 2.28. The number of hydrogen-bond donors (Lipinski definition) is 0. The van der Waals surface area contributed by atoms with Crippen molar-refractivity contribution in [1.29, 1.82) is 0 Å². The summed E-state index contributed by atoms with van der Waals surface area (Å²) in [6, 6.07) is 5.53. The van der Waals surface area contributed by atoms with Crippen molar-refractivity contribution in [2.45, 2.75) is 6.42 Å². The summed E-state index contributed by atoms with van der Waals surface area (Å²) in [5.41, 5.74) is 2.71. The van der Waals surface area contributed by atoms with Crippen molar-refractivity contribution in [2.75, 3.05) is 25.8 Å². The molecule has 4 heteroatoms. The molecule has 0 bridgehead atoms. The Morgan fingerprint density at radius 2 is 2.20 bits per heavy atom. The van der Waals surface area contributed by atoms with Crippen LogP contribution in [0.1, 0.15) is 15.9 Å². The third-order valence-corrected chi connectivity index (χ3v) is 2.58. The van der Waals surface area contributed by atoms with E-state index in [0.29, 0.717) is 5.56 Å². The van der Waals surface area contributed by atoms with Crippen molar-refractivity contribution in [1.82, 2.24) is 0 Å². The highest BCUT2D eigenvalue weighted by atomic mass is 16.7. The van der Waals surface area contributed by atoms with Gasteiger partial charge in [-0.15, -0.1) is 0 Å². The number of fused-ring (bicyclic) bond motifs is 1. The molecule has 0 N–H and O–H groups in total. The zero-order chi connectivity index (χ0) is 10.8. The molecule has 0 radical (unpaired) electrons. The van der Waals surface area contributed by atoms with Gasteiger partial charge >= 0.3 is 5.97 Å². The van der Waals surface area contributed by atoms with E-state index in [-0.39, 0.29) is 5.97 Å². The average Bonchev–Trinajstić information content (AvgIpc) is 2.69. The van der Waals surface area contributed by atoms with Crippen molar-refractivity contribution in [3.05, 3.63) is 29.3 Å². The molecule has 1 aromatic rings. The molecule has 4 nitrogen and oxygen atoms in total. The number of hydrogen-bond acceptors (Lipinski definition) is 4. The number of benzene rings is 1. The lowest BCUT2D eigenvalue weighted by atomic mass is 10.1. The maximum absolute atomic E-state index is 11.3. The van der Waals surface area contributed by atoms with E-state index in [1.54, 1.807) is 24.3 Å². The Morgan fingerprint density at radius 1 is 1.40 bits per heavy atom. The van der Waals surface area contributed by atoms with Crippen LogP contribution in [0.15, 0.2) is 18.2 Å². The molecule has 1 aliphatic heterocycles. The first kappa shape index (κ1) is 9.98. The van der Waals surface area contributed by atoms with Gasteiger partial charge < -0.3 is 4.74 Å². The molecule has 2 rings (SSSR count). The maximum atomic E-state index is 11.3. The molecule has 0 saturated heterocycles. The Balaban J connectivity index is 2.36. The van der Waals surface area contributed by atoms with Gasteiger partial charge in [-0.05, 0) is 24.1 Å². The Morgan fingerprint density at radius 3 is 2.87 bits per heavy atom.